The Hall–Kier alpha value is -0.840. The molecule has 0 radical (unpaired) electrons. The number of nitrogens with zero attached hydrogens (tertiary/aromatic N) is 1. The average molecular weight is 293 g/mol. The van der Waals surface area contributed by atoms with Crippen LogP contribution in [0.3, 0.4) is 0 Å². The predicted molar refractivity (Wildman–Crippen MR) is 76.9 cm³/mol. The summed E-state index contributed by atoms with van der Waals surface area (Å²) in [6.45, 7) is 3.83. The Kier molecular flexibility index (Phi) is 5.85. The predicted octanol–water partition coefficient (Wildman–Crippen LogP) is 2.19. The summed E-state index contributed by atoms with van der Waals surface area (Å²) >= 11 is 6.10. The quantitative estimate of drug-likeness (QED) is 0.926. The molecule has 18 heavy (non-hydrogen) atoms. The highest BCUT2D eigenvalue weighted by atomic mass is 35.5. The number of benzene rings is 1. The van der Waals surface area contributed by atoms with Crippen LogP contribution in [0, 0.1) is 0 Å². The number of hydrogen-bond acceptors (Lipinski definition) is 4. The Labute approximate surface area is 119 Å². The van der Waals surface area contributed by atoms with Crippen molar-refractivity contribution in [2.45, 2.75) is 0 Å². The van der Waals surface area contributed by atoms with Crippen molar-refractivity contribution in [3.63, 3.8) is 0 Å². The van der Waals surface area contributed by atoms with E-state index in [2.05, 4.69) is 10.2 Å². The third kappa shape index (κ3) is 3.13. The normalized spacial score (nSPS) is 14.9. The molecule has 1 aromatic rings. The fourth-order valence-corrected chi connectivity index (χ4v) is 2.25. The highest BCUT2D eigenvalue weighted by Crippen LogP contribution is 2.40. The molecule has 1 N–H and O–H groups in total. The van der Waals surface area contributed by atoms with Gasteiger partial charge in [0.05, 0.1) is 19.9 Å². The van der Waals surface area contributed by atoms with Crippen LogP contribution in [0.15, 0.2) is 12.1 Å². The molecule has 2 rings (SSSR count). The van der Waals surface area contributed by atoms with Gasteiger partial charge in [-0.3, -0.25) is 0 Å². The molecule has 0 atom stereocenters. The smallest absolute Gasteiger partial charge is 0.184 e. The van der Waals surface area contributed by atoms with Crippen molar-refractivity contribution >= 4 is 29.7 Å². The van der Waals surface area contributed by atoms with Crippen molar-refractivity contribution < 1.29 is 9.47 Å². The molecule has 102 valence electrons. The second kappa shape index (κ2) is 6.92. The Morgan fingerprint density at radius 3 is 2.39 bits per heavy atom. The van der Waals surface area contributed by atoms with Crippen molar-refractivity contribution in [3.8, 4) is 11.5 Å². The van der Waals surface area contributed by atoms with Crippen LogP contribution in [0.1, 0.15) is 0 Å². The maximum Gasteiger partial charge on any atom is 0.184 e. The van der Waals surface area contributed by atoms with E-state index in [0.717, 1.165) is 37.6 Å². The van der Waals surface area contributed by atoms with E-state index in [-0.39, 0.29) is 12.4 Å². The van der Waals surface area contributed by atoms with E-state index in [1.807, 2.05) is 6.07 Å². The number of anilines is 1. The maximum atomic E-state index is 6.10. The van der Waals surface area contributed by atoms with Gasteiger partial charge in [-0.1, -0.05) is 11.6 Å². The van der Waals surface area contributed by atoms with Crippen LogP contribution in [0.5, 0.6) is 11.5 Å². The minimum absolute atomic E-state index is 0. The zero-order chi connectivity index (χ0) is 12.3. The van der Waals surface area contributed by atoms with Crippen LogP contribution >= 0.6 is 24.0 Å². The second-order valence-electron chi connectivity index (χ2n) is 3.90. The average Bonchev–Trinajstić information content (AvgIpc) is 2.38. The highest BCUT2D eigenvalue weighted by molar-refractivity contribution is 6.31. The second-order valence-corrected chi connectivity index (χ2v) is 4.33. The third-order valence-electron chi connectivity index (χ3n) is 2.88. The molecule has 1 heterocycles. The molecule has 1 aromatic carbocycles. The minimum Gasteiger partial charge on any atom is -0.493 e. The molecule has 0 aromatic heterocycles. The Bertz CT molecular complexity index is 396. The molecule has 1 aliphatic rings. The number of nitrogens with one attached hydrogen (secondary N) is 1. The molecule has 0 unspecified atom stereocenters. The van der Waals surface area contributed by atoms with Gasteiger partial charge in [0.15, 0.2) is 11.5 Å². The van der Waals surface area contributed by atoms with E-state index in [1.54, 1.807) is 20.3 Å². The van der Waals surface area contributed by atoms with Gasteiger partial charge in [0.2, 0.25) is 0 Å². The lowest BCUT2D eigenvalue weighted by Gasteiger charge is -2.31. The van der Waals surface area contributed by atoms with Gasteiger partial charge < -0.3 is 19.7 Å². The molecule has 0 bridgehead atoms. The van der Waals surface area contributed by atoms with Gasteiger partial charge >= 0.3 is 0 Å². The lowest BCUT2D eigenvalue weighted by atomic mass is 10.2. The number of ether oxygens (including phenoxy) is 2. The summed E-state index contributed by atoms with van der Waals surface area (Å²) in [6.07, 6.45) is 0. The van der Waals surface area contributed by atoms with Crippen molar-refractivity contribution in [1.29, 1.82) is 0 Å². The van der Waals surface area contributed by atoms with Gasteiger partial charge in [0.1, 0.15) is 0 Å². The summed E-state index contributed by atoms with van der Waals surface area (Å²) in [6, 6.07) is 3.69. The fraction of sp³-hybridized carbons (Fsp3) is 0.500. The zero-order valence-electron chi connectivity index (χ0n) is 10.5. The standard InChI is InChI=1S/C12H17ClN2O2.ClH/c1-16-11-8-9(13)7-10(12(11)17-2)15-5-3-14-4-6-15;/h7-8,14H,3-6H2,1-2H3;1H. The van der Waals surface area contributed by atoms with E-state index >= 15 is 0 Å². The molecule has 4 nitrogen and oxygen atoms in total. The van der Waals surface area contributed by atoms with Gasteiger partial charge in [-0.15, -0.1) is 12.4 Å². The van der Waals surface area contributed by atoms with Crippen molar-refractivity contribution in [2.75, 3.05) is 45.3 Å². The third-order valence-corrected chi connectivity index (χ3v) is 3.10. The van der Waals surface area contributed by atoms with Gasteiger partial charge in [-0.25, -0.2) is 0 Å². The van der Waals surface area contributed by atoms with E-state index in [1.165, 1.54) is 0 Å². The maximum absolute atomic E-state index is 6.10. The van der Waals surface area contributed by atoms with Crippen molar-refractivity contribution in [3.05, 3.63) is 17.2 Å². The first kappa shape index (κ1) is 15.2. The molecule has 1 saturated heterocycles. The summed E-state index contributed by atoms with van der Waals surface area (Å²) in [7, 11) is 3.27. The molecular weight excluding hydrogens is 275 g/mol. The van der Waals surface area contributed by atoms with Gasteiger partial charge in [-0.05, 0) is 6.07 Å². The van der Waals surface area contributed by atoms with E-state index in [4.69, 9.17) is 21.1 Å². The Morgan fingerprint density at radius 1 is 1.17 bits per heavy atom. The van der Waals surface area contributed by atoms with E-state index < -0.39 is 0 Å². The summed E-state index contributed by atoms with van der Waals surface area (Å²) in [5.74, 6) is 1.42. The highest BCUT2D eigenvalue weighted by Gasteiger charge is 2.19. The van der Waals surface area contributed by atoms with Gasteiger partial charge in [0, 0.05) is 37.3 Å². The molecule has 0 spiro atoms. The Morgan fingerprint density at radius 2 is 1.83 bits per heavy atom. The van der Waals surface area contributed by atoms with E-state index in [0.29, 0.717) is 10.8 Å². The van der Waals surface area contributed by atoms with Crippen LogP contribution in [0.4, 0.5) is 5.69 Å². The molecule has 0 aliphatic carbocycles. The summed E-state index contributed by atoms with van der Waals surface area (Å²) in [5.41, 5.74) is 0.998. The summed E-state index contributed by atoms with van der Waals surface area (Å²) < 4.78 is 10.7. The zero-order valence-corrected chi connectivity index (χ0v) is 12.1. The minimum atomic E-state index is 0. The van der Waals surface area contributed by atoms with Crippen LogP contribution in [0.25, 0.3) is 0 Å². The molecule has 6 heteroatoms. The van der Waals surface area contributed by atoms with E-state index in [9.17, 15) is 0 Å². The number of halogens is 2. The van der Waals surface area contributed by atoms with Crippen LogP contribution in [0.2, 0.25) is 5.02 Å². The first-order chi connectivity index (χ1) is 8.26. The Balaban J connectivity index is 0.00000162. The van der Waals surface area contributed by atoms with Crippen molar-refractivity contribution in [2.24, 2.45) is 0 Å². The summed E-state index contributed by atoms with van der Waals surface area (Å²) in [5, 5.41) is 3.98. The van der Waals surface area contributed by atoms with Crippen LogP contribution in [-0.2, 0) is 0 Å². The van der Waals surface area contributed by atoms with Crippen LogP contribution < -0.4 is 19.7 Å². The lowest BCUT2D eigenvalue weighted by molar-refractivity contribution is 0.354. The monoisotopic (exact) mass is 292 g/mol. The summed E-state index contributed by atoms with van der Waals surface area (Å²) in [4.78, 5) is 2.25. The topological polar surface area (TPSA) is 33.7 Å². The molecule has 1 fully saturated rings. The fourth-order valence-electron chi connectivity index (χ4n) is 2.05. The molecule has 0 amide bonds. The first-order valence-corrected chi connectivity index (χ1v) is 6.01. The number of hydrogen-bond donors (Lipinski definition) is 1. The molecule has 1 aliphatic heterocycles. The number of rotatable bonds is 3. The first-order valence-electron chi connectivity index (χ1n) is 5.63. The number of piperazine rings is 1. The van der Waals surface area contributed by atoms with Gasteiger partial charge in [-0.2, -0.15) is 0 Å². The molecular formula is C12H18Cl2N2O2. The van der Waals surface area contributed by atoms with Crippen molar-refractivity contribution in [1.82, 2.24) is 5.32 Å². The SMILES string of the molecule is COc1cc(Cl)cc(N2CCNCC2)c1OC.Cl. The number of methoxy groups -OCH3 is 2. The lowest BCUT2D eigenvalue weighted by Crippen LogP contribution is -2.43. The van der Waals surface area contributed by atoms with Crippen LogP contribution in [-0.4, -0.2) is 40.4 Å². The molecule has 0 saturated carbocycles. The largest absolute Gasteiger partial charge is 0.493 e. The van der Waals surface area contributed by atoms with Gasteiger partial charge in [0.25, 0.3) is 0 Å².